The lowest BCUT2D eigenvalue weighted by atomic mass is 9.91. The van der Waals surface area contributed by atoms with Crippen LogP contribution in [0.25, 0.3) is 0 Å². The molecule has 0 amide bonds. The molecule has 1 aliphatic rings. The first kappa shape index (κ1) is 19.1. The molecule has 0 bridgehead atoms. The van der Waals surface area contributed by atoms with Crippen LogP contribution in [-0.2, 0) is 9.53 Å². The zero-order chi connectivity index (χ0) is 19.6. The van der Waals surface area contributed by atoms with Crippen molar-refractivity contribution in [2.24, 2.45) is 0 Å². The van der Waals surface area contributed by atoms with Crippen molar-refractivity contribution in [2.45, 2.75) is 33.7 Å². The first-order valence-corrected chi connectivity index (χ1v) is 9.45. The summed E-state index contributed by atoms with van der Waals surface area (Å²) >= 11 is 5.67. The molecule has 0 saturated carbocycles. The van der Waals surface area contributed by atoms with E-state index in [1.54, 1.807) is 0 Å². The Bertz CT molecular complexity index is 906. The summed E-state index contributed by atoms with van der Waals surface area (Å²) in [5.74, 6) is -0.322. The number of esters is 1. The zero-order valence-electron chi connectivity index (χ0n) is 16.1. The number of anilines is 1. The fraction of sp³-hybridized carbons (Fsp3) is 0.273. The Balaban J connectivity index is 2.17. The van der Waals surface area contributed by atoms with E-state index in [1.165, 1.54) is 0 Å². The second-order valence-electron chi connectivity index (χ2n) is 6.63. The molecule has 1 atom stereocenters. The number of nitrogens with zero attached hydrogens (tertiary/aromatic N) is 1. The summed E-state index contributed by atoms with van der Waals surface area (Å²) in [6, 6.07) is 15.7. The largest absolute Gasteiger partial charge is 0.463 e. The molecule has 0 fully saturated rings. The Morgan fingerprint density at radius 3 is 2.52 bits per heavy atom. The third kappa shape index (κ3) is 3.74. The SMILES string of the molecule is CCOC(=O)C1=C(C)N(c2ccccc2)C(=S)N[C@@H]1c1cc(C)ccc1C. The third-order valence-electron chi connectivity index (χ3n) is 4.74. The van der Waals surface area contributed by atoms with Gasteiger partial charge in [0.15, 0.2) is 5.11 Å². The van der Waals surface area contributed by atoms with Crippen LogP contribution in [0.3, 0.4) is 0 Å². The van der Waals surface area contributed by atoms with Gasteiger partial charge in [-0.25, -0.2) is 4.79 Å². The van der Waals surface area contributed by atoms with Gasteiger partial charge in [0.1, 0.15) is 0 Å². The Morgan fingerprint density at radius 2 is 1.85 bits per heavy atom. The van der Waals surface area contributed by atoms with Crippen LogP contribution in [0, 0.1) is 13.8 Å². The lowest BCUT2D eigenvalue weighted by Crippen LogP contribution is -2.48. The number of hydrogen-bond acceptors (Lipinski definition) is 3. The smallest absolute Gasteiger partial charge is 0.338 e. The summed E-state index contributed by atoms with van der Waals surface area (Å²) < 4.78 is 5.39. The molecule has 27 heavy (non-hydrogen) atoms. The summed E-state index contributed by atoms with van der Waals surface area (Å²) in [5.41, 5.74) is 5.55. The van der Waals surface area contributed by atoms with Crippen molar-refractivity contribution in [3.05, 3.63) is 76.5 Å². The maximum absolute atomic E-state index is 12.9. The van der Waals surface area contributed by atoms with Crippen molar-refractivity contribution in [1.29, 1.82) is 0 Å². The standard InChI is InChI=1S/C22H24N2O2S/c1-5-26-21(25)19-16(4)24(17-9-7-6-8-10-17)22(27)23-20(19)18-13-14(2)11-12-15(18)3/h6-13,20H,5H2,1-4H3,(H,23,27)/t20-/m1/s1. The van der Waals surface area contributed by atoms with E-state index in [-0.39, 0.29) is 12.0 Å². The maximum Gasteiger partial charge on any atom is 0.338 e. The molecule has 1 N–H and O–H groups in total. The number of para-hydroxylation sites is 1. The summed E-state index contributed by atoms with van der Waals surface area (Å²) in [6.45, 7) is 8.15. The van der Waals surface area contributed by atoms with Crippen LogP contribution in [0.2, 0.25) is 0 Å². The highest BCUT2D eigenvalue weighted by molar-refractivity contribution is 7.80. The number of rotatable bonds is 4. The fourth-order valence-corrected chi connectivity index (χ4v) is 3.77. The van der Waals surface area contributed by atoms with Gasteiger partial charge in [0.25, 0.3) is 0 Å². The number of allylic oxidation sites excluding steroid dienone is 1. The predicted molar refractivity (Wildman–Crippen MR) is 113 cm³/mol. The number of ether oxygens (including phenoxy) is 1. The van der Waals surface area contributed by atoms with Gasteiger partial charge in [-0.15, -0.1) is 0 Å². The van der Waals surface area contributed by atoms with Gasteiger partial charge >= 0.3 is 5.97 Å². The molecule has 0 aromatic heterocycles. The van der Waals surface area contributed by atoms with Crippen LogP contribution in [0.4, 0.5) is 5.69 Å². The van der Waals surface area contributed by atoms with Crippen molar-refractivity contribution in [3.63, 3.8) is 0 Å². The van der Waals surface area contributed by atoms with E-state index in [0.717, 1.165) is 28.1 Å². The molecular weight excluding hydrogens is 356 g/mol. The number of carbonyl (C=O) groups is 1. The Hall–Kier alpha value is -2.66. The quantitative estimate of drug-likeness (QED) is 0.621. The molecular formula is C22H24N2O2S. The second kappa shape index (κ2) is 7.92. The minimum absolute atomic E-state index is 0.322. The second-order valence-corrected chi connectivity index (χ2v) is 7.02. The van der Waals surface area contributed by atoms with Crippen molar-refractivity contribution >= 4 is 29.0 Å². The molecule has 0 spiro atoms. The van der Waals surface area contributed by atoms with E-state index < -0.39 is 0 Å². The van der Waals surface area contributed by atoms with Crippen LogP contribution in [0.1, 0.15) is 36.6 Å². The highest BCUT2D eigenvalue weighted by Gasteiger charge is 2.36. The van der Waals surface area contributed by atoms with Crippen LogP contribution in [-0.4, -0.2) is 17.7 Å². The fourth-order valence-electron chi connectivity index (χ4n) is 3.41. The van der Waals surface area contributed by atoms with E-state index in [1.807, 2.05) is 62.9 Å². The van der Waals surface area contributed by atoms with E-state index in [2.05, 4.69) is 23.5 Å². The molecule has 3 rings (SSSR count). The van der Waals surface area contributed by atoms with E-state index in [4.69, 9.17) is 17.0 Å². The Morgan fingerprint density at radius 1 is 1.15 bits per heavy atom. The van der Waals surface area contributed by atoms with Gasteiger partial charge in [-0.2, -0.15) is 0 Å². The lowest BCUT2D eigenvalue weighted by molar-refractivity contribution is -0.139. The Kier molecular flexibility index (Phi) is 5.61. The van der Waals surface area contributed by atoms with Gasteiger partial charge in [0.2, 0.25) is 0 Å². The van der Waals surface area contributed by atoms with Crippen LogP contribution in [0.15, 0.2) is 59.8 Å². The summed E-state index contributed by atoms with van der Waals surface area (Å²) in [7, 11) is 0. The minimum atomic E-state index is -0.337. The summed E-state index contributed by atoms with van der Waals surface area (Å²) in [5, 5.41) is 3.94. The van der Waals surface area contributed by atoms with Gasteiger partial charge in [-0.1, -0.05) is 42.0 Å². The number of benzene rings is 2. The molecule has 0 unspecified atom stereocenters. The minimum Gasteiger partial charge on any atom is -0.463 e. The van der Waals surface area contributed by atoms with Gasteiger partial charge in [-0.3, -0.25) is 4.90 Å². The first-order valence-electron chi connectivity index (χ1n) is 9.04. The summed E-state index contributed by atoms with van der Waals surface area (Å²) in [6.07, 6.45) is 0. The molecule has 2 aromatic carbocycles. The molecule has 0 saturated heterocycles. The highest BCUT2D eigenvalue weighted by atomic mass is 32.1. The molecule has 4 nitrogen and oxygen atoms in total. The van der Waals surface area contributed by atoms with Crippen LogP contribution >= 0.6 is 12.2 Å². The van der Waals surface area contributed by atoms with Gasteiger partial charge in [0, 0.05) is 11.4 Å². The van der Waals surface area contributed by atoms with Gasteiger partial charge in [-0.05, 0) is 63.2 Å². The molecule has 0 aliphatic carbocycles. The number of nitrogens with one attached hydrogen (secondary N) is 1. The normalized spacial score (nSPS) is 17.0. The molecule has 0 radical (unpaired) electrons. The predicted octanol–water partition coefficient (Wildman–Crippen LogP) is 4.58. The van der Waals surface area contributed by atoms with Crippen molar-refractivity contribution in [3.8, 4) is 0 Å². The van der Waals surface area contributed by atoms with Crippen molar-refractivity contribution in [2.75, 3.05) is 11.5 Å². The van der Waals surface area contributed by atoms with Gasteiger partial charge < -0.3 is 10.1 Å². The number of thiocarbonyl (C=S) groups is 1. The average molecular weight is 381 g/mol. The maximum atomic E-state index is 12.9. The van der Waals surface area contributed by atoms with Crippen molar-refractivity contribution in [1.82, 2.24) is 5.32 Å². The van der Waals surface area contributed by atoms with Crippen LogP contribution in [0.5, 0.6) is 0 Å². The van der Waals surface area contributed by atoms with E-state index in [9.17, 15) is 4.79 Å². The molecule has 140 valence electrons. The molecule has 1 heterocycles. The van der Waals surface area contributed by atoms with E-state index >= 15 is 0 Å². The first-order chi connectivity index (χ1) is 12.9. The monoisotopic (exact) mass is 380 g/mol. The Labute approximate surface area is 165 Å². The zero-order valence-corrected chi connectivity index (χ0v) is 16.9. The highest BCUT2D eigenvalue weighted by Crippen LogP contribution is 2.35. The molecule has 1 aliphatic heterocycles. The van der Waals surface area contributed by atoms with Crippen molar-refractivity contribution < 1.29 is 9.53 Å². The average Bonchev–Trinajstić information content (AvgIpc) is 2.64. The van der Waals surface area contributed by atoms with E-state index in [0.29, 0.717) is 17.3 Å². The number of carbonyl (C=O) groups excluding carboxylic acids is 1. The number of hydrogen-bond donors (Lipinski definition) is 1. The van der Waals surface area contributed by atoms with Crippen LogP contribution < -0.4 is 10.2 Å². The molecule has 2 aromatic rings. The topological polar surface area (TPSA) is 41.6 Å². The molecule has 5 heteroatoms. The third-order valence-corrected chi connectivity index (χ3v) is 5.04. The number of aryl methyl sites for hydroxylation is 2. The lowest BCUT2D eigenvalue weighted by Gasteiger charge is -2.38. The van der Waals surface area contributed by atoms with Gasteiger partial charge in [0.05, 0.1) is 18.2 Å². The summed E-state index contributed by atoms with van der Waals surface area (Å²) in [4.78, 5) is 14.8.